The molecule has 2 N–H and O–H groups in total. The number of rotatable bonds is 1. The van der Waals surface area contributed by atoms with Crippen molar-refractivity contribution in [1.82, 2.24) is 4.57 Å². The number of nitrogens with two attached hydrogens (primary N) is 1. The summed E-state index contributed by atoms with van der Waals surface area (Å²) < 4.78 is 28.7. The molecule has 1 aromatic rings. The number of nitrogens with zero attached hydrogens (tertiary/aromatic N) is 1. The maximum Gasteiger partial charge on any atom is 0.239 e. The van der Waals surface area contributed by atoms with Crippen molar-refractivity contribution in [3.8, 4) is 0 Å². The summed E-state index contributed by atoms with van der Waals surface area (Å²) in [6.45, 7) is 0.231. The van der Waals surface area contributed by atoms with E-state index in [9.17, 15) is 8.42 Å². The number of fused-ring (bicyclic) bond motifs is 1. The molecule has 0 atom stereocenters. The predicted molar refractivity (Wildman–Crippen MR) is 45.9 cm³/mol. The number of aromatic nitrogens is 1. The third-order valence-corrected chi connectivity index (χ3v) is 2.81. The van der Waals surface area contributed by atoms with Crippen molar-refractivity contribution in [2.24, 2.45) is 5.14 Å². The van der Waals surface area contributed by atoms with Gasteiger partial charge in [-0.1, -0.05) is 0 Å². The van der Waals surface area contributed by atoms with Gasteiger partial charge in [0.05, 0.1) is 5.69 Å². The molecule has 1 aliphatic rings. The van der Waals surface area contributed by atoms with Crippen LogP contribution in [-0.4, -0.2) is 13.0 Å². The molecule has 0 radical (unpaired) electrons. The highest BCUT2D eigenvalue weighted by Gasteiger charge is 2.18. The molecule has 6 heteroatoms. The fourth-order valence-corrected chi connectivity index (χ4v) is 1.98. The lowest BCUT2D eigenvalue weighted by molar-refractivity contribution is 0.222. The van der Waals surface area contributed by atoms with Gasteiger partial charge in [-0.2, -0.15) is 0 Å². The van der Waals surface area contributed by atoms with Crippen LogP contribution >= 0.6 is 0 Å². The van der Waals surface area contributed by atoms with Crippen LogP contribution in [0.3, 0.4) is 0 Å². The van der Waals surface area contributed by atoms with Crippen molar-refractivity contribution in [2.45, 2.75) is 11.5 Å². The zero-order chi connectivity index (χ0) is 9.47. The summed E-state index contributed by atoms with van der Waals surface area (Å²) in [6.07, 6.45) is 4.77. The fourth-order valence-electron chi connectivity index (χ4n) is 1.24. The van der Waals surface area contributed by atoms with Gasteiger partial charge in [0, 0.05) is 12.4 Å². The summed E-state index contributed by atoms with van der Waals surface area (Å²) in [6, 6.07) is 1.46. The second kappa shape index (κ2) is 2.61. The van der Waals surface area contributed by atoms with Crippen LogP contribution in [0.25, 0.3) is 6.20 Å². The largest absolute Gasteiger partial charge is 0.493 e. The Balaban J connectivity index is 2.63. The molecule has 0 fully saturated rings. The molecule has 2 heterocycles. The number of sulfonamides is 1. The predicted octanol–water partition coefficient (Wildman–Crippen LogP) is 0.0939. The zero-order valence-corrected chi connectivity index (χ0v) is 7.49. The molecule has 0 saturated heterocycles. The van der Waals surface area contributed by atoms with E-state index in [1.165, 1.54) is 12.3 Å². The van der Waals surface area contributed by atoms with Crippen molar-refractivity contribution in [1.29, 1.82) is 0 Å². The highest BCUT2D eigenvalue weighted by Crippen LogP contribution is 2.19. The van der Waals surface area contributed by atoms with Crippen molar-refractivity contribution in [3.05, 3.63) is 24.2 Å². The first-order valence-electron chi connectivity index (χ1n) is 3.60. The first kappa shape index (κ1) is 8.33. The van der Waals surface area contributed by atoms with Gasteiger partial charge in [0.15, 0.2) is 0 Å². The highest BCUT2D eigenvalue weighted by molar-refractivity contribution is 7.89. The lowest BCUT2D eigenvalue weighted by Gasteiger charge is -2.10. The van der Waals surface area contributed by atoms with Gasteiger partial charge in [0.2, 0.25) is 10.0 Å². The van der Waals surface area contributed by atoms with Gasteiger partial charge in [-0.25, -0.2) is 13.6 Å². The second-order valence-electron chi connectivity index (χ2n) is 2.68. The molecule has 2 rings (SSSR count). The third-order valence-electron chi connectivity index (χ3n) is 1.83. The van der Waals surface area contributed by atoms with Crippen LogP contribution in [0.5, 0.6) is 0 Å². The standard InChI is InChI=1S/C7H8N2O3S/c8-13(10,11)7-1-2-9-3-4-12-5-6(7)9/h1-4H,5H2,(H2,8,10,11). The van der Waals surface area contributed by atoms with Crippen molar-refractivity contribution >= 4 is 16.2 Å². The molecular weight excluding hydrogens is 192 g/mol. The van der Waals surface area contributed by atoms with Gasteiger partial charge in [-0.3, -0.25) is 0 Å². The summed E-state index contributed by atoms with van der Waals surface area (Å²) >= 11 is 0. The highest BCUT2D eigenvalue weighted by atomic mass is 32.2. The second-order valence-corrected chi connectivity index (χ2v) is 4.20. The number of hydrogen-bond donors (Lipinski definition) is 1. The Bertz CT molecular complexity index is 458. The zero-order valence-electron chi connectivity index (χ0n) is 6.67. The van der Waals surface area contributed by atoms with Gasteiger partial charge in [-0.15, -0.1) is 0 Å². The summed E-state index contributed by atoms with van der Waals surface area (Å²) in [5.41, 5.74) is 0.560. The van der Waals surface area contributed by atoms with E-state index < -0.39 is 10.0 Å². The lowest BCUT2D eigenvalue weighted by Crippen LogP contribution is -2.15. The van der Waals surface area contributed by atoms with Crippen LogP contribution in [0.2, 0.25) is 0 Å². The van der Waals surface area contributed by atoms with E-state index in [1.807, 2.05) is 0 Å². The van der Waals surface area contributed by atoms with E-state index in [4.69, 9.17) is 9.88 Å². The van der Waals surface area contributed by atoms with Crippen molar-refractivity contribution in [3.63, 3.8) is 0 Å². The molecule has 13 heavy (non-hydrogen) atoms. The number of primary sulfonamides is 1. The molecule has 0 amide bonds. The number of hydrogen-bond acceptors (Lipinski definition) is 3. The topological polar surface area (TPSA) is 74.3 Å². The van der Waals surface area contributed by atoms with Crippen LogP contribution in [0.1, 0.15) is 5.69 Å². The first-order valence-corrected chi connectivity index (χ1v) is 5.14. The molecule has 0 aliphatic carbocycles. The van der Waals surface area contributed by atoms with Crippen LogP contribution in [0, 0.1) is 0 Å². The minimum absolute atomic E-state index is 0.122. The Hall–Kier alpha value is -1.27. The van der Waals surface area contributed by atoms with E-state index in [2.05, 4.69) is 0 Å². The van der Waals surface area contributed by atoms with Crippen molar-refractivity contribution in [2.75, 3.05) is 0 Å². The van der Waals surface area contributed by atoms with Crippen LogP contribution in [0.15, 0.2) is 23.4 Å². The summed E-state index contributed by atoms with van der Waals surface area (Å²) in [5, 5.41) is 5.00. The summed E-state index contributed by atoms with van der Waals surface area (Å²) in [5.74, 6) is 0. The fraction of sp³-hybridized carbons (Fsp3) is 0.143. The van der Waals surface area contributed by atoms with E-state index >= 15 is 0 Å². The molecular formula is C7H8N2O3S. The smallest absolute Gasteiger partial charge is 0.239 e. The van der Waals surface area contributed by atoms with E-state index in [1.54, 1.807) is 17.0 Å². The molecule has 0 bridgehead atoms. The molecule has 1 aromatic heterocycles. The SMILES string of the molecule is NS(=O)(=O)c1ccn2c1COC=C2. The minimum atomic E-state index is -3.64. The summed E-state index contributed by atoms with van der Waals surface area (Å²) in [7, 11) is -3.64. The molecule has 5 nitrogen and oxygen atoms in total. The van der Waals surface area contributed by atoms with Gasteiger partial charge in [0.25, 0.3) is 0 Å². The van der Waals surface area contributed by atoms with Gasteiger partial charge >= 0.3 is 0 Å². The van der Waals surface area contributed by atoms with Gasteiger partial charge in [-0.05, 0) is 6.07 Å². The van der Waals surface area contributed by atoms with Crippen molar-refractivity contribution < 1.29 is 13.2 Å². The average molecular weight is 200 g/mol. The normalized spacial score (nSPS) is 15.2. The maximum atomic E-state index is 11.1. The van der Waals surface area contributed by atoms with Crippen LogP contribution < -0.4 is 5.14 Å². The monoisotopic (exact) mass is 200 g/mol. The molecule has 1 aliphatic heterocycles. The van der Waals surface area contributed by atoms with Crippen LogP contribution in [-0.2, 0) is 21.4 Å². The first-order chi connectivity index (χ1) is 6.09. The Morgan fingerprint density at radius 1 is 1.54 bits per heavy atom. The van der Waals surface area contributed by atoms with E-state index in [0.717, 1.165) is 0 Å². The number of ether oxygens (including phenoxy) is 1. The Kier molecular flexibility index (Phi) is 1.67. The van der Waals surface area contributed by atoms with Gasteiger partial charge in [0.1, 0.15) is 17.8 Å². The quantitative estimate of drug-likeness (QED) is 0.698. The Morgan fingerprint density at radius 2 is 2.31 bits per heavy atom. The van der Waals surface area contributed by atoms with Gasteiger partial charge < -0.3 is 9.30 Å². The maximum absolute atomic E-state index is 11.1. The molecule has 70 valence electrons. The minimum Gasteiger partial charge on any atom is -0.493 e. The van der Waals surface area contributed by atoms with E-state index in [0.29, 0.717) is 5.69 Å². The van der Waals surface area contributed by atoms with Crippen LogP contribution in [0.4, 0.5) is 0 Å². The Labute approximate surface area is 75.5 Å². The summed E-state index contributed by atoms with van der Waals surface area (Å²) in [4.78, 5) is 0.122. The lowest BCUT2D eigenvalue weighted by atomic mass is 10.4. The molecule has 0 saturated carbocycles. The third kappa shape index (κ3) is 1.34. The molecule has 0 spiro atoms. The average Bonchev–Trinajstić information content (AvgIpc) is 2.45. The van der Waals surface area contributed by atoms with E-state index in [-0.39, 0.29) is 11.5 Å². The Morgan fingerprint density at radius 3 is 3.00 bits per heavy atom. The molecule has 0 aromatic carbocycles. The molecule has 0 unspecified atom stereocenters.